The Morgan fingerprint density at radius 2 is 1.60 bits per heavy atom. The summed E-state index contributed by atoms with van der Waals surface area (Å²) in [6.07, 6.45) is 2.26. The highest BCUT2D eigenvalue weighted by Crippen LogP contribution is 2.39. The van der Waals surface area contributed by atoms with Crippen LogP contribution >= 0.6 is 7.60 Å². The molecular formula is C32H43N6O8P. The van der Waals surface area contributed by atoms with Crippen LogP contribution in [0.2, 0.25) is 0 Å². The van der Waals surface area contributed by atoms with Crippen molar-refractivity contribution in [3.8, 4) is 0 Å². The van der Waals surface area contributed by atoms with E-state index in [9.17, 15) is 28.5 Å². The van der Waals surface area contributed by atoms with Crippen LogP contribution in [-0.2, 0) is 47.7 Å². The van der Waals surface area contributed by atoms with Crippen molar-refractivity contribution in [2.75, 3.05) is 0 Å². The van der Waals surface area contributed by atoms with Gasteiger partial charge in [-0.25, -0.2) is 0 Å². The molecule has 2 aliphatic heterocycles. The highest BCUT2D eigenvalue weighted by Gasteiger charge is 2.45. The number of carbonyl (C=O) groups excluding carboxylic acids is 5. The Balaban J connectivity index is 1.38. The van der Waals surface area contributed by atoms with Gasteiger partial charge < -0.3 is 42.1 Å². The number of nitrogens with two attached hydrogens (primary N) is 2. The third kappa shape index (κ3) is 10.4. The van der Waals surface area contributed by atoms with E-state index in [1.165, 1.54) is 4.90 Å². The van der Waals surface area contributed by atoms with Gasteiger partial charge in [0.2, 0.25) is 29.5 Å². The van der Waals surface area contributed by atoms with Gasteiger partial charge in [0.05, 0.1) is 12.2 Å². The molecule has 9 N–H and O–H groups in total. The maximum Gasteiger partial charge on any atom is 0.329 e. The fraction of sp³-hybridized carbons (Fsp3) is 0.469. The van der Waals surface area contributed by atoms with Gasteiger partial charge in [0, 0.05) is 19.0 Å². The molecule has 2 aromatic rings. The van der Waals surface area contributed by atoms with Gasteiger partial charge >= 0.3 is 7.60 Å². The number of hydrogen-bond donors (Lipinski definition) is 7. The number of carbonyl (C=O) groups is 5. The predicted molar refractivity (Wildman–Crippen MR) is 172 cm³/mol. The molecule has 47 heavy (non-hydrogen) atoms. The molecule has 0 bridgehead atoms. The van der Waals surface area contributed by atoms with Crippen molar-refractivity contribution < 1.29 is 38.3 Å². The molecule has 4 rings (SSSR count). The lowest BCUT2D eigenvalue weighted by Crippen LogP contribution is -2.58. The predicted octanol–water partition coefficient (Wildman–Crippen LogP) is 0.329. The molecule has 2 aliphatic rings. The molecule has 14 nitrogen and oxygen atoms in total. The second-order valence-corrected chi connectivity index (χ2v) is 13.8. The summed E-state index contributed by atoms with van der Waals surface area (Å²) in [6, 6.07) is 11.7. The van der Waals surface area contributed by atoms with Crippen LogP contribution in [-0.4, -0.2) is 74.4 Å². The number of rotatable bonds is 14. The molecule has 2 aromatic carbocycles. The average Bonchev–Trinajstić information content (AvgIpc) is 3.39. The summed E-state index contributed by atoms with van der Waals surface area (Å²) in [7, 11) is -4.21. The minimum Gasteiger partial charge on any atom is -0.370 e. The lowest BCUT2D eigenvalue weighted by atomic mass is 10.0. The van der Waals surface area contributed by atoms with E-state index in [0.29, 0.717) is 43.2 Å². The Bertz CT molecular complexity index is 1480. The molecule has 0 aromatic heterocycles. The van der Waals surface area contributed by atoms with Gasteiger partial charge in [-0.05, 0) is 61.6 Å². The Hall–Kier alpha value is -4.10. The van der Waals surface area contributed by atoms with Gasteiger partial charge in [0.1, 0.15) is 18.1 Å². The van der Waals surface area contributed by atoms with Crippen LogP contribution < -0.4 is 27.4 Å². The van der Waals surface area contributed by atoms with Crippen LogP contribution in [0.3, 0.4) is 0 Å². The van der Waals surface area contributed by atoms with Gasteiger partial charge in [0.15, 0.2) is 0 Å². The molecule has 2 saturated heterocycles. The van der Waals surface area contributed by atoms with Crippen LogP contribution in [0.15, 0.2) is 54.6 Å². The second kappa shape index (κ2) is 16.1. The monoisotopic (exact) mass is 670 g/mol. The van der Waals surface area contributed by atoms with Crippen molar-refractivity contribution >= 4 is 37.1 Å². The number of nitrogens with zero attached hydrogens (tertiary/aromatic N) is 1. The first-order valence-electron chi connectivity index (χ1n) is 15.7. The molecule has 2 fully saturated rings. The smallest absolute Gasteiger partial charge is 0.329 e. The molecule has 2 heterocycles. The Morgan fingerprint density at radius 3 is 2.26 bits per heavy atom. The number of hydrogen-bond acceptors (Lipinski definition) is 7. The molecule has 0 spiro atoms. The van der Waals surface area contributed by atoms with Crippen molar-refractivity contribution in [2.24, 2.45) is 11.5 Å². The van der Waals surface area contributed by atoms with Crippen molar-refractivity contribution in [1.29, 1.82) is 0 Å². The molecular weight excluding hydrogens is 627 g/mol. The SMILES string of the molecule is NC(=O)CC[C@H](NC(=O)[C@@H]1CCC2CCC[C@H](NC(=O)[C@@H](N)Cc3ccc(CP(=O)(O)O)cc3)C(=O)N21)C(=O)NCc1ccccc1. The molecule has 0 radical (unpaired) electrons. The van der Waals surface area contributed by atoms with E-state index in [-0.39, 0.29) is 31.8 Å². The molecule has 1 unspecified atom stereocenters. The van der Waals surface area contributed by atoms with E-state index in [0.717, 1.165) is 5.56 Å². The first-order valence-corrected chi connectivity index (χ1v) is 17.5. The summed E-state index contributed by atoms with van der Waals surface area (Å²) in [6.45, 7) is 0.226. The van der Waals surface area contributed by atoms with Crippen LogP contribution in [0, 0.1) is 0 Å². The van der Waals surface area contributed by atoms with Crippen LogP contribution in [0.25, 0.3) is 0 Å². The number of fused-ring (bicyclic) bond motifs is 1. The molecule has 254 valence electrons. The first-order chi connectivity index (χ1) is 22.3. The third-order valence-electron chi connectivity index (χ3n) is 8.53. The minimum atomic E-state index is -4.21. The molecule has 0 aliphatic carbocycles. The molecule has 5 amide bonds. The highest BCUT2D eigenvalue weighted by atomic mass is 31.2. The van der Waals surface area contributed by atoms with Crippen molar-refractivity contribution in [1.82, 2.24) is 20.9 Å². The van der Waals surface area contributed by atoms with Gasteiger partial charge in [-0.3, -0.25) is 28.5 Å². The van der Waals surface area contributed by atoms with Gasteiger partial charge in [-0.15, -0.1) is 0 Å². The first kappa shape index (κ1) is 35.7. The zero-order valence-electron chi connectivity index (χ0n) is 26.0. The van der Waals surface area contributed by atoms with Crippen LogP contribution in [0.5, 0.6) is 0 Å². The summed E-state index contributed by atoms with van der Waals surface area (Å²) in [5, 5.41) is 8.29. The third-order valence-corrected chi connectivity index (χ3v) is 9.31. The van der Waals surface area contributed by atoms with E-state index in [4.69, 9.17) is 21.3 Å². The standard InChI is InChI=1S/C32H43N6O8P/c33-24(17-20-9-11-22(12-10-20)19-47(44,45)46)29(40)37-26-8-4-7-23-13-15-27(38(23)32(26)43)31(42)36-25(14-16-28(34)39)30(41)35-18-21-5-2-1-3-6-21/h1-3,5-6,9-12,23-27H,4,7-8,13-19,33H2,(H2,34,39)(H,35,41)(H,36,42)(H,37,40)(H2,44,45,46)/t23?,24-,25-,26-,27-/m0/s1. The minimum absolute atomic E-state index is 0.00520. The van der Waals surface area contributed by atoms with Gasteiger partial charge in [-0.1, -0.05) is 54.6 Å². The Labute approximate surface area is 273 Å². The van der Waals surface area contributed by atoms with E-state index >= 15 is 0 Å². The molecule has 0 saturated carbocycles. The summed E-state index contributed by atoms with van der Waals surface area (Å²) in [4.78, 5) is 84.9. The van der Waals surface area contributed by atoms with Crippen molar-refractivity contribution in [3.05, 3.63) is 71.3 Å². The van der Waals surface area contributed by atoms with Crippen molar-refractivity contribution in [2.45, 2.75) is 94.3 Å². The number of benzene rings is 2. The van der Waals surface area contributed by atoms with Crippen LogP contribution in [0.4, 0.5) is 0 Å². The molecule has 5 atom stereocenters. The Kier molecular flexibility index (Phi) is 12.3. The average molecular weight is 671 g/mol. The zero-order chi connectivity index (χ0) is 34.1. The lowest BCUT2D eigenvalue weighted by molar-refractivity contribution is -0.143. The Morgan fingerprint density at radius 1 is 0.915 bits per heavy atom. The summed E-state index contributed by atoms with van der Waals surface area (Å²) < 4.78 is 11.2. The zero-order valence-corrected chi connectivity index (χ0v) is 26.9. The van der Waals surface area contributed by atoms with Crippen LogP contribution in [0.1, 0.15) is 61.6 Å². The number of primary amides is 1. The summed E-state index contributed by atoms with van der Waals surface area (Å²) in [5.41, 5.74) is 13.5. The second-order valence-electron chi connectivity index (χ2n) is 12.2. The maximum absolute atomic E-state index is 13.8. The summed E-state index contributed by atoms with van der Waals surface area (Å²) in [5.74, 6) is -2.54. The van der Waals surface area contributed by atoms with Crippen molar-refractivity contribution in [3.63, 3.8) is 0 Å². The number of amides is 5. The highest BCUT2D eigenvalue weighted by molar-refractivity contribution is 7.50. The lowest BCUT2D eigenvalue weighted by Gasteiger charge is -2.31. The van der Waals surface area contributed by atoms with Gasteiger partial charge in [0.25, 0.3) is 0 Å². The number of nitrogens with one attached hydrogen (secondary N) is 3. The van der Waals surface area contributed by atoms with E-state index < -0.39 is 67.5 Å². The maximum atomic E-state index is 13.8. The normalized spacial score (nSPS) is 20.8. The summed E-state index contributed by atoms with van der Waals surface area (Å²) >= 11 is 0. The van der Waals surface area contributed by atoms with E-state index in [1.54, 1.807) is 24.3 Å². The van der Waals surface area contributed by atoms with E-state index in [2.05, 4.69) is 16.0 Å². The quantitative estimate of drug-likeness (QED) is 0.137. The topological polar surface area (TPSA) is 234 Å². The van der Waals surface area contributed by atoms with E-state index in [1.807, 2.05) is 30.3 Å². The molecule has 15 heteroatoms. The fourth-order valence-corrected chi connectivity index (χ4v) is 6.81. The van der Waals surface area contributed by atoms with Gasteiger partial charge in [-0.2, -0.15) is 0 Å². The fourth-order valence-electron chi connectivity index (χ4n) is 6.13. The largest absolute Gasteiger partial charge is 0.370 e.